The Hall–Kier alpha value is -3.29. The molecule has 0 aliphatic carbocycles. The first kappa shape index (κ1) is 20.6. The lowest BCUT2D eigenvalue weighted by atomic mass is 9.92. The van der Waals surface area contributed by atoms with E-state index >= 15 is 0 Å². The second kappa shape index (κ2) is 8.68. The Morgan fingerprint density at radius 3 is 2.25 bits per heavy atom. The molecule has 1 saturated heterocycles. The Kier molecular flexibility index (Phi) is 5.59. The summed E-state index contributed by atoms with van der Waals surface area (Å²) in [6.45, 7) is 7.66. The van der Waals surface area contributed by atoms with Crippen LogP contribution in [0.25, 0.3) is 22.4 Å². The molecule has 0 amide bonds. The van der Waals surface area contributed by atoms with E-state index in [1.54, 1.807) is 0 Å². The predicted octanol–water partition coefficient (Wildman–Crippen LogP) is 4.48. The molecular formula is C25H26FN5O. The molecule has 0 saturated carbocycles. The fraction of sp³-hybridized carbons (Fsp3) is 0.280. The summed E-state index contributed by atoms with van der Waals surface area (Å²) >= 11 is 0. The topological polar surface area (TPSA) is 70.0 Å². The Morgan fingerprint density at radius 2 is 1.62 bits per heavy atom. The number of nitrogens with one attached hydrogen (secondary N) is 2. The molecule has 4 aromatic rings. The minimum Gasteiger partial charge on any atom is -0.361 e. The molecule has 7 heteroatoms. The third kappa shape index (κ3) is 3.85. The van der Waals surface area contributed by atoms with E-state index in [0.717, 1.165) is 65.6 Å². The van der Waals surface area contributed by atoms with E-state index in [2.05, 4.69) is 49.8 Å². The highest BCUT2D eigenvalue weighted by Crippen LogP contribution is 2.37. The van der Waals surface area contributed by atoms with Crippen LogP contribution in [0.4, 0.5) is 4.39 Å². The summed E-state index contributed by atoms with van der Waals surface area (Å²) in [4.78, 5) is 2.48. The van der Waals surface area contributed by atoms with Crippen LogP contribution in [0.15, 0.2) is 59.3 Å². The summed E-state index contributed by atoms with van der Waals surface area (Å²) in [7, 11) is 0. The summed E-state index contributed by atoms with van der Waals surface area (Å²) in [5, 5.41) is 15.2. The van der Waals surface area contributed by atoms with Crippen molar-refractivity contribution in [3.8, 4) is 22.4 Å². The lowest BCUT2D eigenvalue weighted by molar-refractivity contribution is 0.199. The average Bonchev–Trinajstić information content (AvgIpc) is 3.41. The molecule has 1 aliphatic heterocycles. The van der Waals surface area contributed by atoms with E-state index in [4.69, 9.17) is 4.52 Å². The van der Waals surface area contributed by atoms with Gasteiger partial charge in [0, 0.05) is 31.7 Å². The summed E-state index contributed by atoms with van der Waals surface area (Å²) < 4.78 is 18.7. The van der Waals surface area contributed by atoms with E-state index < -0.39 is 0 Å². The quantitative estimate of drug-likeness (QED) is 0.488. The van der Waals surface area contributed by atoms with Crippen LogP contribution in [0.1, 0.15) is 28.6 Å². The molecule has 1 aliphatic rings. The number of nitrogens with zero attached hydrogens (tertiary/aromatic N) is 3. The van der Waals surface area contributed by atoms with Crippen LogP contribution >= 0.6 is 0 Å². The van der Waals surface area contributed by atoms with Crippen LogP contribution in [-0.2, 0) is 0 Å². The number of rotatable bonds is 5. The molecule has 1 fully saturated rings. The van der Waals surface area contributed by atoms with Crippen molar-refractivity contribution in [3.05, 3.63) is 83.1 Å². The second-order valence-corrected chi connectivity index (χ2v) is 8.22. The van der Waals surface area contributed by atoms with Gasteiger partial charge in [-0.05, 0) is 42.7 Å². The van der Waals surface area contributed by atoms with Gasteiger partial charge in [0.25, 0.3) is 0 Å². The molecule has 5 rings (SSSR count). The average molecular weight is 432 g/mol. The van der Waals surface area contributed by atoms with Crippen molar-refractivity contribution in [3.63, 3.8) is 0 Å². The molecule has 2 N–H and O–H groups in total. The van der Waals surface area contributed by atoms with Gasteiger partial charge in [-0.15, -0.1) is 0 Å². The van der Waals surface area contributed by atoms with Gasteiger partial charge >= 0.3 is 0 Å². The van der Waals surface area contributed by atoms with Crippen molar-refractivity contribution in [1.29, 1.82) is 0 Å². The molecule has 32 heavy (non-hydrogen) atoms. The second-order valence-electron chi connectivity index (χ2n) is 8.22. The fourth-order valence-corrected chi connectivity index (χ4v) is 4.57. The van der Waals surface area contributed by atoms with Crippen LogP contribution in [0.5, 0.6) is 0 Å². The van der Waals surface area contributed by atoms with E-state index in [1.807, 2.05) is 32.2 Å². The lowest BCUT2D eigenvalue weighted by Crippen LogP contribution is -2.45. The molecule has 0 radical (unpaired) electrons. The number of benzene rings is 2. The fourth-order valence-electron chi connectivity index (χ4n) is 4.57. The first-order valence-corrected chi connectivity index (χ1v) is 10.9. The molecule has 2 aromatic heterocycles. The number of aryl methyl sites for hydroxylation is 2. The van der Waals surface area contributed by atoms with Gasteiger partial charge in [0.1, 0.15) is 11.6 Å². The number of aromatic amines is 1. The maximum absolute atomic E-state index is 13.3. The summed E-state index contributed by atoms with van der Waals surface area (Å²) in [6.07, 6.45) is 1.92. The Labute approximate surface area is 186 Å². The highest BCUT2D eigenvalue weighted by Gasteiger charge is 2.29. The van der Waals surface area contributed by atoms with Crippen molar-refractivity contribution in [2.45, 2.75) is 19.9 Å². The Bertz CT molecular complexity index is 1170. The summed E-state index contributed by atoms with van der Waals surface area (Å²) in [6, 6.07) is 15.2. The molecule has 0 bridgehead atoms. The van der Waals surface area contributed by atoms with Crippen molar-refractivity contribution < 1.29 is 8.91 Å². The first-order chi connectivity index (χ1) is 15.6. The van der Waals surface area contributed by atoms with Gasteiger partial charge in [-0.25, -0.2) is 4.39 Å². The largest absolute Gasteiger partial charge is 0.361 e. The van der Waals surface area contributed by atoms with Crippen molar-refractivity contribution >= 4 is 0 Å². The smallest absolute Gasteiger partial charge is 0.143 e. The molecule has 3 heterocycles. The number of piperazine rings is 1. The molecule has 1 unspecified atom stereocenters. The normalized spacial score (nSPS) is 15.7. The SMILES string of the molecule is Cc1noc(C)c1-c1[nH]ncc1C(c1ccc(-c2ccc(F)cc2)cc1)N1CCNCC1. The van der Waals surface area contributed by atoms with Crippen LogP contribution in [0.2, 0.25) is 0 Å². The molecule has 6 nitrogen and oxygen atoms in total. The third-order valence-electron chi connectivity index (χ3n) is 6.17. The molecule has 164 valence electrons. The van der Waals surface area contributed by atoms with E-state index in [1.165, 1.54) is 17.7 Å². The minimum absolute atomic E-state index is 0.0433. The molecule has 2 aromatic carbocycles. The van der Waals surface area contributed by atoms with Crippen LogP contribution in [0.3, 0.4) is 0 Å². The monoisotopic (exact) mass is 431 g/mol. The van der Waals surface area contributed by atoms with Gasteiger partial charge in [-0.3, -0.25) is 10.00 Å². The minimum atomic E-state index is -0.226. The highest BCUT2D eigenvalue weighted by atomic mass is 19.1. The summed E-state index contributed by atoms with van der Waals surface area (Å²) in [5.41, 5.74) is 7.12. The first-order valence-electron chi connectivity index (χ1n) is 10.9. The van der Waals surface area contributed by atoms with Gasteiger partial charge in [0.15, 0.2) is 0 Å². The highest BCUT2D eigenvalue weighted by molar-refractivity contribution is 5.69. The number of hydrogen-bond donors (Lipinski definition) is 2. The van der Waals surface area contributed by atoms with Gasteiger partial charge in [-0.1, -0.05) is 41.6 Å². The lowest BCUT2D eigenvalue weighted by Gasteiger charge is -2.35. The maximum atomic E-state index is 13.3. The number of aromatic nitrogens is 3. The van der Waals surface area contributed by atoms with Crippen LogP contribution < -0.4 is 5.32 Å². The van der Waals surface area contributed by atoms with Gasteiger partial charge < -0.3 is 9.84 Å². The van der Waals surface area contributed by atoms with Crippen LogP contribution in [0, 0.1) is 19.7 Å². The van der Waals surface area contributed by atoms with E-state index in [0.29, 0.717) is 0 Å². The zero-order valence-corrected chi connectivity index (χ0v) is 18.2. The van der Waals surface area contributed by atoms with E-state index in [9.17, 15) is 4.39 Å². The Balaban J connectivity index is 1.56. The van der Waals surface area contributed by atoms with Crippen molar-refractivity contribution in [1.82, 2.24) is 25.6 Å². The summed E-state index contributed by atoms with van der Waals surface area (Å²) in [5.74, 6) is 0.551. The number of halogens is 1. The number of hydrogen-bond acceptors (Lipinski definition) is 5. The molecule has 0 spiro atoms. The molecular weight excluding hydrogens is 405 g/mol. The zero-order valence-electron chi connectivity index (χ0n) is 18.2. The zero-order chi connectivity index (χ0) is 22.1. The number of H-pyrrole nitrogens is 1. The third-order valence-corrected chi connectivity index (χ3v) is 6.17. The predicted molar refractivity (Wildman–Crippen MR) is 122 cm³/mol. The van der Waals surface area contributed by atoms with Crippen molar-refractivity contribution in [2.75, 3.05) is 26.2 Å². The van der Waals surface area contributed by atoms with Gasteiger partial charge in [0.2, 0.25) is 0 Å². The van der Waals surface area contributed by atoms with Gasteiger partial charge in [0.05, 0.1) is 29.2 Å². The maximum Gasteiger partial charge on any atom is 0.143 e. The van der Waals surface area contributed by atoms with Crippen LogP contribution in [-0.4, -0.2) is 46.4 Å². The molecule has 1 atom stereocenters. The Morgan fingerprint density at radius 1 is 0.969 bits per heavy atom. The van der Waals surface area contributed by atoms with Crippen molar-refractivity contribution in [2.24, 2.45) is 0 Å². The van der Waals surface area contributed by atoms with Gasteiger partial charge in [-0.2, -0.15) is 5.10 Å². The van der Waals surface area contributed by atoms with E-state index in [-0.39, 0.29) is 11.9 Å². The standard InChI is InChI=1S/C25H26FN5O/c1-16-23(17(2)32-30-16)24-22(15-28-29-24)25(31-13-11-27-12-14-31)20-5-3-18(4-6-20)19-7-9-21(26)10-8-19/h3-10,15,25,27H,11-14H2,1-2H3,(H,28,29).